The summed E-state index contributed by atoms with van der Waals surface area (Å²) in [5.74, 6) is 1.24. The normalized spacial score (nSPS) is 22.2. The van der Waals surface area contributed by atoms with Crippen LogP contribution < -0.4 is 5.32 Å². The molecule has 3 heterocycles. The Labute approximate surface area is 136 Å². The predicted molar refractivity (Wildman–Crippen MR) is 84.6 cm³/mol. The van der Waals surface area contributed by atoms with Gasteiger partial charge in [0.15, 0.2) is 0 Å². The van der Waals surface area contributed by atoms with E-state index >= 15 is 0 Å². The summed E-state index contributed by atoms with van der Waals surface area (Å²) >= 11 is 0. The third-order valence-electron chi connectivity index (χ3n) is 4.78. The zero-order valence-electron chi connectivity index (χ0n) is 13.5. The van der Waals surface area contributed by atoms with Crippen molar-refractivity contribution in [3.8, 4) is 0 Å². The number of amides is 2. The molecule has 23 heavy (non-hydrogen) atoms. The van der Waals surface area contributed by atoms with Gasteiger partial charge in [0.1, 0.15) is 12.2 Å². The maximum Gasteiger partial charge on any atom is 0.222 e. The molecule has 0 bridgehead atoms. The Bertz CT molecular complexity index is 534. The van der Waals surface area contributed by atoms with Crippen LogP contribution in [0.3, 0.4) is 0 Å². The van der Waals surface area contributed by atoms with Gasteiger partial charge >= 0.3 is 0 Å². The minimum absolute atomic E-state index is 0.0460. The Balaban J connectivity index is 1.42. The van der Waals surface area contributed by atoms with E-state index in [4.69, 9.17) is 0 Å². The summed E-state index contributed by atoms with van der Waals surface area (Å²) in [7, 11) is 0. The molecule has 1 unspecified atom stereocenters. The molecule has 1 aromatic heterocycles. The number of aromatic nitrogens is 3. The van der Waals surface area contributed by atoms with Crippen molar-refractivity contribution in [3.63, 3.8) is 0 Å². The van der Waals surface area contributed by atoms with Crippen molar-refractivity contribution in [1.82, 2.24) is 25.0 Å². The fraction of sp³-hybridized carbons (Fsp3) is 0.750. The van der Waals surface area contributed by atoms with Crippen LogP contribution in [0.1, 0.15) is 50.8 Å². The van der Waals surface area contributed by atoms with Crippen molar-refractivity contribution in [3.05, 3.63) is 12.2 Å². The molecule has 7 nitrogen and oxygen atoms in total. The third-order valence-corrected chi connectivity index (χ3v) is 4.78. The van der Waals surface area contributed by atoms with E-state index in [9.17, 15) is 9.59 Å². The second kappa shape index (κ2) is 7.57. The Morgan fingerprint density at radius 3 is 3.04 bits per heavy atom. The minimum Gasteiger partial charge on any atom is -0.353 e. The standard InChI is InChI=1S/C16H25N5O2/c22-15(8-11-20-9-3-1-2-4-16(20)23)18-13-5-6-14-19-17-12-21(14)10-7-13/h12-13H,1-11H2,(H,18,22). The van der Waals surface area contributed by atoms with Gasteiger partial charge in [-0.1, -0.05) is 6.42 Å². The summed E-state index contributed by atoms with van der Waals surface area (Å²) in [5.41, 5.74) is 0. The third kappa shape index (κ3) is 4.30. The Kier molecular flexibility index (Phi) is 5.25. The lowest BCUT2D eigenvalue weighted by molar-refractivity contribution is -0.131. The average Bonchev–Trinajstić information content (AvgIpc) is 2.78. The molecule has 0 spiro atoms. The molecule has 0 aliphatic carbocycles. The fourth-order valence-electron chi connectivity index (χ4n) is 3.36. The SMILES string of the molecule is O=C(CCN1CCCCCC1=O)NC1CCc2nncn2CC1. The first-order valence-electron chi connectivity index (χ1n) is 8.66. The van der Waals surface area contributed by atoms with Crippen molar-refractivity contribution in [2.45, 2.75) is 64.0 Å². The molecule has 1 fully saturated rings. The largest absolute Gasteiger partial charge is 0.353 e. The van der Waals surface area contributed by atoms with Gasteiger partial charge in [0, 0.05) is 44.9 Å². The van der Waals surface area contributed by atoms with Crippen molar-refractivity contribution in [1.29, 1.82) is 0 Å². The van der Waals surface area contributed by atoms with Gasteiger partial charge in [-0.3, -0.25) is 9.59 Å². The van der Waals surface area contributed by atoms with Crippen molar-refractivity contribution < 1.29 is 9.59 Å². The monoisotopic (exact) mass is 319 g/mol. The van der Waals surface area contributed by atoms with Crippen molar-refractivity contribution in [2.75, 3.05) is 13.1 Å². The molecule has 2 amide bonds. The quantitative estimate of drug-likeness (QED) is 0.894. The lowest BCUT2D eigenvalue weighted by Gasteiger charge is -2.21. The Hall–Kier alpha value is -1.92. The molecule has 1 saturated heterocycles. The van der Waals surface area contributed by atoms with Gasteiger partial charge in [-0.05, 0) is 25.7 Å². The molecular formula is C16H25N5O2. The van der Waals surface area contributed by atoms with E-state index in [2.05, 4.69) is 20.1 Å². The van der Waals surface area contributed by atoms with E-state index < -0.39 is 0 Å². The molecule has 7 heteroatoms. The number of aryl methyl sites for hydroxylation is 2. The van der Waals surface area contributed by atoms with E-state index in [1.54, 1.807) is 6.33 Å². The number of fused-ring (bicyclic) bond motifs is 1. The highest BCUT2D eigenvalue weighted by Gasteiger charge is 2.20. The molecule has 2 aliphatic heterocycles. The fourth-order valence-corrected chi connectivity index (χ4v) is 3.36. The van der Waals surface area contributed by atoms with Gasteiger partial charge in [-0.15, -0.1) is 10.2 Å². The lowest BCUT2D eigenvalue weighted by atomic mass is 10.1. The van der Waals surface area contributed by atoms with Gasteiger partial charge in [0.25, 0.3) is 0 Å². The minimum atomic E-state index is 0.0460. The topological polar surface area (TPSA) is 80.1 Å². The number of carbonyl (C=O) groups is 2. The van der Waals surface area contributed by atoms with E-state index in [-0.39, 0.29) is 17.9 Å². The first kappa shape index (κ1) is 16.0. The highest BCUT2D eigenvalue weighted by atomic mass is 16.2. The number of hydrogen-bond acceptors (Lipinski definition) is 4. The molecule has 126 valence electrons. The molecule has 0 saturated carbocycles. The van der Waals surface area contributed by atoms with Crippen molar-refractivity contribution >= 4 is 11.8 Å². The second-order valence-electron chi connectivity index (χ2n) is 6.47. The van der Waals surface area contributed by atoms with E-state index in [0.29, 0.717) is 19.4 Å². The van der Waals surface area contributed by atoms with Crippen LogP contribution in [0.15, 0.2) is 6.33 Å². The summed E-state index contributed by atoms with van der Waals surface area (Å²) in [6, 6.07) is 0.184. The first-order valence-corrected chi connectivity index (χ1v) is 8.66. The summed E-state index contributed by atoms with van der Waals surface area (Å²) in [6.45, 7) is 2.18. The molecule has 1 N–H and O–H groups in total. The molecule has 3 rings (SSSR count). The Morgan fingerprint density at radius 2 is 2.13 bits per heavy atom. The maximum atomic E-state index is 12.2. The molecular weight excluding hydrogens is 294 g/mol. The summed E-state index contributed by atoms with van der Waals surface area (Å²) in [6.07, 6.45) is 8.56. The maximum absolute atomic E-state index is 12.2. The van der Waals surface area contributed by atoms with Crippen LogP contribution in [0.4, 0.5) is 0 Å². The number of nitrogens with one attached hydrogen (secondary N) is 1. The van der Waals surface area contributed by atoms with E-state index in [1.807, 2.05) is 4.90 Å². The Morgan fingerprint density at radius 1 is 1.22 bits per heavy atom. The predicted octanol–water partition coefficient (Wildman–Crippen LogP) is 0.892. The first-order chi connectivity index (χ1) is 11.2. The number of carbonyl (C=O) groups excluding carboxylic acids is 2. The summed E-state index contributed by atoms with van der Waals surface area (Å²) < 4.78 is 2.06. The molecule has 1 atom stereocenters. The van der Waals surface area contributed by atoms with Crippen LogP contribution in [-0.4, -0.2) is 50.6 Å². The smallest absolute Gasteiger partial charge is 0.222 e. The van der Waals surface area contributed by atoms with Crippen LogP contribution in [0, 0.1) is 0 Å². The second-order valence-corrected chi connectivity index (χ2v) is 6.47. The van der Waals surface area contributed by atoms with Gasteiger partial charge < -0.3 is 14.8 Å². The van der Waals surface area contributed by atoms with E-state index in [0.717, 1.165) is 57.4 Å². The van der Waals surface area contributed by atoms with E-state index in [1.165, 1.54) is 0 Å². The summed E-state index contributed by atoms with van der Waals surface area (Å²) in [4.78, 5) is 26.0. The number of nitrogens with zero attached hydrogens (tertiary/aromatic N) is 4. The van der Waals surface area contributed by atoms with Gasteiger partial charge in [0.2, 0.25) is 11.8 Å². The number of likely N-dealkylation sites (tertiary alicyclic amines) is 1. The number of rotatable bonds is 4. The van der Waals surface area contributed by atoms with Crippen LogP contribution in [0.5, 0.6) is 0 Å². The highest BCUT2D eigenvalue weighted by molar-refractivity contribution is 5.79. The van der Waals surface area contributed by atoms with Crippen LogP contribution >= 0.6 is 0 Å². The zero-order valence-corrected chi connectivity index (χ0v) is 13.5. The van der Waals surface area contributed by atoms with Crippen molar-refractivity contribution in [2.24, 2.45) is 0 Å². The molecule has 0 radical (unpaired) electrons. The average molecular weight is 319 g/mol. The highest BCUT2D eigenvalue weighted by Crippen LogP contribution is 2.14. The van der Waals surface area contributed by atoms with Crippen LogP contribution in [0.25, 0.3) is 0 Å². The molecule has 2 aliphatic rings. The van der Waals surface area contributed by atoms with Crippen LogP contribution in [-0.2, 0) is 22.6 Å². The lowest BCUT2D eigenvalue weighted by Crippen LogP contribution is -2.39. The van der Waals surface area contributed by atoms with Gasteiger partial charge in [-0.25, -0.2) is 0 Å². The van der Waals surface area contributed by atoms with Crippen LogP contribution in [0.2, 0.25) is 0 Å². The molecule has 1 aromatic rings. The summed E-state index contributed by atoms with van der Waals surface area (Å²) in [5, 5.41) is 11.1. The molecule has 0 aromatic carbocycles. The van der Waals surface area contributed by atoms with Gasteiger partial charge in [-0.2, -0.15) is 0 Å². The van der Waals surface area contributed by atoms with Gasteiger partial charge in [0.05, 0.1) is 0 Å². The number of hydrogen-bond donors (Lipinski definition) is 1. The zero-order chi connectivity index (χ0) is 16.1.